The van der Waals surface area contributed by atoms with Gasteiger partial charge in [-0.3, -0.25) is 9.10 Å². The summed E-state index contributed by atoms with van der Waals surface area (Å²) in [5.41, 5.74) is 0.527. The van der Waals surface area contributed by atoms with Gasteiger partial charge in [0, 0.05) is 5.02 Å². The molecule has 1 N–H and O–H groups in total. The summed E-state index contributed by atoms with van der Waals surface area (Å²) in [6, 6.07) is 28.3. The van der Waals surface area contributed by atoms with Gasteiger partial charge < -0.3 is 14.8 Å². The second-order valence-corrected chi connectivity index (χ2v) is 9.90. The van der Waals surface area contributed by atoms with Crippen molar-refractivity contribution in [1.82, 2.24) is 0 Å². The number of methoxy groups -OCH3 is 1. The van der Waals surface area contributed by atoms with Crippen LogP contribution < -0.4 is 19.1 Å². The van der Waals surface area contributed by atoms with Crippen LogP contribution in [-0.4, -0.2) is 28.0 Å². The number of nitrogens with one attached hydrogen (secondary N) is 1. The maximum absolute atomic E-state index is 13.6. The van der Waals surface area contributed by atoms with Crippen molar-refractivity contribution in [3.63, 3.8) is 0 Å². The van der Waals surface area contributed by atoms with Crippen molar-refractivity contribution in [3.05, 3.63) is 108 Å². The quantitative estimate of drug-likeness (QED) is 0.292. The van der Waals surface area contributed by atoms with E-state index in [9.17, 15) is 13.2 Å². The number of sulfonamides is 1. The number of anilines is 2. The van der Waals surface area contributed by atoms with Crippen molar-refractivity contribution in [3.8, 4) is 17.2 Å². The summed E-state index contributed by atoms with van der Waals surface area (Å²) < 4.78 is 39.5. The fraction of sp³-hybridized carbons (Fsp3) is 0.0741. The first-order valence-electron chi connectivity index (χ1n) is 10.9. The molecule has 0 saturated carbocycles. The van der Waals surface area contributed by atoms with E-state index < -0.39 is 22.5 Å². The largest absolute Gasteiger partial charge is 0.495 e. The highest BCUT2D eigenvalue weighted by molar-refractivity contribution is 7.92. The first kappa shape index (κ1) is 25.1. The van der Waals surface area contributed by atoms with E-state index in [-0.39, 0.29) is 10.6 Å². The molecular formula is C27H23ClN2O5S. The number of rotatable bonds is 9. The number of nitrogens with zero attached hydrogens (tertiary/aromatic N) is 1. The molecule has 4 rings (SSSR count). The third-order valence-electron chi connectivity index (χ3n) is 5.16. The van der Waals surface area contributed by atoms with Crippen LogP contribution in [0, 0.1) is 0 Å². The molecule has 4 aromatic carbocycles. The molecule has 0 spiro atoms. The molecule has 0 bridgehead atoms. The Morgan fingerprint density at radius 1 is 0.861 bits per heavy atom. The predicted octanol–water partition coefficient (Wildman–Crippen LogP) is 5.97. The van der Waals surface area contributed by atoms with Gasteiger partial charge in [-0.15, -0.1) is 0 Å². The summed E-state index contributed by atoms with van der Waals surface area (Å²) in [6.07, 6.45) is 0. The molecule has 0 unspecified atom stereocenters. The van der Waals surface area contributed by atoms with Crippen LogP contribution in [0.1, 0.15) is 0 Å². The molecular weight excluding hydrogens is 500 g/mol. The van der Waals surface area contributed by atoms with Crippen LogP contribution in [0.2, 0.25) is 5.02 Å². The Morgan fingerprint density at radius 2 is 1.50 bits per heavy atom. The number of carbonyl (C=O) groups is 1. The molecule has 0 heterocycles. The standard InChI is InChI=1S/C27H23ClN2O5S/c1-34-26-15-9-8-14-24(26)30(36(32,33)22-12-6-3-7-13-22)19-27(31)29-23-18-20(28)16-17-25(23)35-21-10-4-2-5-11-21/h2-18H,19H2,1H3,(H,29,31). The second kappa shape index (κ2) is 11.2. The molecule has 0 atom stereocenters. The Balaban J connectivity index is 1.67. The Labute approximate surface area is 214 Å². The molecule has 0 fully saturated rings. The van der Waals surface area contributed by atoms with E-state index in [4.69, 9.17) is 21.1 Å². The molecule has 9 heteroatoms. The summed E-state index contributed by atoms with van der Waals surface area (Å²) in [5, 5.41) is 3.12. The Morgan fingerprint density at radius 3 is 2.19 bits per heavy atom. The number of benzene rings is 4. The van der Waals surface area contributed by atoms with Gasteiger partial charge in [-0.05, 0) is 54.6 Å². The fourth-order valence-electron chi connectivity index (χ4n) is 3.48. The van der Waals surface area contributed by atoms with Crippen LogP contribution in [-0.2, 0) is 14.8 Å². The maximum Gasteiger partial charge on any atom is 0.264 e. The number of hydrogen-bond donors (Lipinski definition) is 1. The third kappa shape index (κ3) is 5.79. The van der Waals surface area contributed by atoms with Crippen LogP contribution in [0.25, 0.3) is 0 Å². The van der Waals surface area contributed by atoms with Crippen molar-refractivity contribution >= 4 is 38.9 Å². The van der Waals surface area contributed by atoms with Gasteiger partial charge in [0.15, 0.2) is 5.75 Å². The molecule has 0 aliphatic rings. The zero-order valence-electron chi connectivity index (χ0n) is 19.3. The molecule has 1 amide bonds. The normalized spacial score (nSPS) is 10.9. The smallest absolute Gasteiger partial charge is 0.264 e. The number of carbonyl (C=O) groups excluding carboxylic acids is 1. The maximum atomic E-state index is 13.6. The van der Waals surface area contributed by atoms with E-state index in [1.54, 1.807) is 66.7 Å². The zero-order chi connectivity index (χ0) is 25.5. The summed E-state index contributed by atoms with van der Waals surface area (Å²) in [6.45, 7) is -0.519. The highest BCUT2D eigenvalue weighted by atomic mass is 35.5. The van der Waals surface area contributed by atoms with E-state index in [1.165, 1.54) is 25.3 Å². The number of ether oxygens (including phenoxy) is 2. The topological polar surface area (TPSA) is 84.9 Å². The Hall–Kier alpha value is -4.01. The van der Waals surface area contributed by atoms with E-state index in [0.717, 1.165) is 4.31 Å². The molecule has 0 aliphatic heterocycles. The van der Waals surface area contributed by atoms with Crippen LogP contribution in [0.5, 0.6) is 17.2 Å². The third-order valence-corrected chi connectivity index (χ3v) is 7.17. The first-order chi connectivity index (χ1) is 17.4. The van der Waals surface area contributed by atoms with Crippen molar-refractivity contribution in [2.45, 2.75) is 4.90 Å². The monoisotopic (exact) mass is 522 g/mol. The lowest BCUT2D eigenvalue weighted by atomic mass is 10.2. The molecule has 184 valence electrons. The molecule has 0 aromatic heterocycles. The van der Waals surface area contributed by atoms with Gasteiger partial charge in [-0.2, -0.15) is 0 Å². The molecule has 7 nitrogen and oxygen atoms in total. The molecule has 0 radical (unpaired) electrons. The second-order valence-electron chi connectivity index (χ2n) is 7.60. The molecule has 36 heavy (non-hydrogen) atoms. The van der Waals surface area contributed by atoms with Gasteiger partial charge >= 0.3 is 0 Å². The number of para-hydroxylation sites is 3. The summed E-state index contributed by atoms with van der Waals surface area (Å²) in [4.78, 5) is 13.3. The van der Waals surface area contributed by atoms with E-state index in [1.807, 2.05) is 18.2 Å². The zero-order valence-corrected chi connectivity index (χ0v) is 20.9. The van der Waals surface area contributed by atoms with Gasteiger partial charge in [0.25, 0.3) is 10.0 Å². The van der Waals surface area contributed by atoms with E-state index in [2.05, 4.69) is 5.32 Å². The van der Waals surface area contributed by atoms with Gasteiger partial charge in [-0.1, -0.05) is 60.1 Å². The van der Waals surface area contributed by atoms with Crippen LogP contribution in [0.4, 0.5) is 11.4 Å². The van der Waals surface area contributed by atoms with Crippen molar-refractivity contribution in [2.24, 2.45) is 0 Å². The van der Waals surface area contributed by atoms with E-state index >= 15 is 0 Å². The minimum Gasteiger partial charge on any atom is -0.495 e. The van der Waals surface area contributed by atoms with Crippen LogP contribution in [0.15, 0.2) is 108 Å². The fourth-order valence-corrected chi connectivity index (χ4v) is 5.10. The summed E-state index contributed by atoms with van der Waals surface area (Å²) in [7, 11) is -2.67. The first-order valence-corrected chi connectivity index (χ1v) is 12.7. The Bertz CT molecular complexity index is 1450. The predicted molar refractivity (Wildman–Crippen MR) is 141 cm³/mol. The SMILES string of the molecule is COc1ccccc1N(CC(=O)Nc1cc(Cl)ccc1Oc1ccccc1)S(=O)(=O)c1ccccc1. The Kier molecular flexibility index (Phi) is 7.77. The summed E-state index contributed by atoms with van der Waals surface area (Å²) in [5.74, 6) is 0.632. The average molecular weight is 523 g/mol. The molecule has 4 aromatic rings. The van der Waals surface area contributed by atoms with Gasteiger partial charge in [-0.25, -0.2) is 8.42 Å². The molecule has 0 aliphatic carbocycles. The van der Waals surface area contributed by atoms with E-state index in [0.29, 0.717) is 28.0 Å². The minimum absolute atomic E-state index is 0.0413. The number of hydrogen-bond acceptors (Lipinski definition) is 5. The highest BCUT2D eigenvalue weighted by Crippen LogP contribution is 2.34. The highest BCUT2D eigenvalue weighted by Gasteiger charge is 2.29. The minimum atomic E-state index is -4.11. The van der Waals surface area contributed by atoms with Crippen LogP contribution in [0.3, 0.4) is 0 Å². The van der Waals surface area contributed by atoms with Crippen molar-refractivity contribution < 1.29 is 22.7 Å². The van der Waals surface area contributed by atoms with Gasteiger partial charge in [0.05, 0.1) is 23.4 Å². The van der Waals surface area contributed by atoms with Crippen molar-refractivity contribution in [2.75, 3.05) is 23.3 Å². The lowest BCUT2D eigenvalue weighted by Gasteiger charge is -2.25. The van der Waals surface area contributed by atoms with Crippen molar-refractivity contribution in [1.29, 1.82) is 0 Å². The average Bonchev–Trinajstić information content (AvgIpc) is 2.90. The molecule has 0 saturated heterocycles. The van der Waals surface area contributed by atoms with Gasteiger partial charge in [0.2, 0.25) is 5.91 Å². The summed E-state index contributed by atoms with van der Waals surface area (Å²) >= 11 is 6.17. The lowest BCUT2D eigenvalue weighted by molar-refractivity contribution is -0.114. The number of amides is 1. The number of halogens is 1. The lowest BCUT2D eigenvalue weighted by Crippen LogP contribution is -2.38. The van der Waals surface area contributed by atoms with Gasteiger partial charge in [0.1, 0.15) is 18.0 Å². The van der Waals surface area contributed by atoms with Crippen LogP contribution >= 0.6 is 11.6 Å².